The van der Waals surface area contributed by atoms with E-state index in [0.29, 0.717) is 5.75 Å². The average Bonchev–Trinajstić information content (AvgIpc) is 2.97. The third-order valence-corrected chi connectivity index (χ3v) is 3.63. The van der Waals surface area contributed by atoms with Gasteiger partial charge in [0.15, 0.2) is 5.16 Å². The smallest absolute Gasteiger partial charge is 0.183 e. The van der Waals surface area contributed by atoms with E-state index in [4.69, 9.17) is 15.2 Å². The molecule has 0 fully saturated rings. The highest BCUT2D eigenvalue weighted by Gasteiger charge is 2.14. The molecule has 1 heterocycles. The van der Waals surface area contributed by atoms with Crippen molar-refractivity contribution in [3.05, 3.63) is 30.1 Å². The number of ether oxygens (including phenoxy) is 2. The molecule has 0 spiro atoms. The number of H-pyrrole nitrogens is 1. The van der Waals surface area contributed by atoms with Crippen LogP contribution < -0.4 is 15.2 Å². The molecule has 2 rings (SSSR count). The number of nitrogens with two attached hydrogens (primary N) is 1. The molecule has 0 radical (unpaired) electrons. The highest BCUT2D eigenvalue weighted by molar-refractivity contribution is 7.99. The lowest BCUT2D eigenvalue weighted by Crippen LogP contribution is -2.14. The summed E-state index contributed by atoms with van der Waals surface area (Å²) < 4.78 is 10.5. The summed E-state index contributed by atoms with van der Waals surface area (Å²) in [6, 6.07) is 5.46. The Morgan fingerprint density at radius 2 is 2.21 bits per heavy atom. The third kappa shape index (κ3) is 3.39. The molecule has 2 aromatic rings. The zero-order chi connectivity index (χ0) is 13.7. The van der Waals surface area contributed by atoms with Crippen LogP contribution in [0.25, 0.3) is 0 Å². The number of thioether (sulfide) groups is 1. The molecule has 6 nitrogen and oxygen atoms in total. The number of hydrogen-bond donors (Lipinski definition) is 2. The Labute approximate surface area is 115 Å². The molecule has 1 aromatic heterocycles. The van der Waals surface area contributed by atoms with E-state index in [2.05, 4.69) is 15.2 Å². The number of nitrogens with zero attached hydrogens (tertiary/aromatic N) is 2. The lowest BCUT2D eigenvalue weighted by Gasteiger charge is -2.15. The number of aromatic amines is 1. The molecule has 1 atom stereocenters. The molecule has 0 saturated heterocycles. The lowest BCUT2D eigenvalue weighted by atomic mass is 10.1. The van der Waals surface area contributed by atoms with Gasteiger partial charge in [0.25, 0.3) is 0 Å². The summed E-state index contributed by atoms with van der Waals surface area (Å²) in [6.45, 7) is 0. The molecule has 3 N–H and O–H groups in total. The zero-order valence-electron chi connectivity index (χ0n) is 10.8. The molecule has 102 valence electrons. The first-order valence-corrected chi connectivity index (χ1v) is 6.69. The molecule has 0 aliphatic carbocycles. The van der Waals surface area contributed by atoms with Crippen LogP contribution in [-0.2, 0) is 0 Å². The van der Waals surface area contributed by atoms with Gasteiger partial charge in [-0.25, -0.2) is 4.98 Å². The SMILES string of the molecule is COc1ccc(C(N)CSc2ncn[nH]2)c(OC)c1. The van der Waals surface area contributed by atoms with Crippen molar-refractivity contribution >= 4 is 11.8 Å². The first kappa shape index (κ1) is 13.7. The molecule has 0 saturated carbocycles. The fourth-order valence-corrected chi connectivity index (χ4v) is 2.40. The van der Waals surface area contributed by atoms with Crippen molar-refractivity contribution in [2.45, 2.75) is 11.2 Å². The third-order valence-electron chi connectivity index (χ3n) is 2.63. The molecule has 1 aromatic carbocycles. The van der Waals surface area contributed by atoms with E-state index in [9.17, 15) is 0 Å². The van der Waals surface area contributed by atoms with Crippen molar-refractivity contribution in [3.8, 4) is 11.5 Å². The second kappa shape index (κ2) is 6.44. The van der Waals surface area contributed by atoms with Gasteiger partial charge in [-0.05, 0) is 6.07 Å². The maximum atomic E-state index is 6.18. The summed E-state index contributed by atoms with van der Waals surface area (Å²) >= 11 is 1.52. The predicted molar refractivity (Wildman–Crippen MR) is 73.6 cm³/mol. The number of benzene rings is 1. The highest BCUT2D eigenvalue weighted by Crippen LogP contribution is 2.30. The Kier molecular flexibility index (Phi) is 4.64. The average molecular weight is 280 g/mol. The highest BCUT2D eigenvalue weighted by atomic mass is 32.2. The quantitative estimate of drug-likeness (QED) is 0.782. The number of aromatic nitrogens is 3. The first-order chi connectivity index (χ1) is 9.24. The van der Waals surface area contributed by atoms with Crippen molar-refractivity contribution < 1.29 is 9.47 Å². The van der Waals surface area contributed by atoms with Crippen molar-refractivity contribution in [1.82, 2.24) is 15.2 Å². The summed E-state index contributed by atoms with van der Waals surface area (Å²) in [5.74, 6) is 2.15. The second-order valence-electron chi connectivity index (χ2n) is 3.82. The molecule has 19 heavy (non-hydrogen) atoms. The van der Waals surface area contributed by atoms with E-state index in [1.54, 1.807) is 14.2 Å². The minimum absolute atomic E-state index is 0.157. The van der Waals surface area contributed by atoms with Gasteiger partial charge in [-0.3, -0.25) is 5.10 Å². The normalized spacial score (nSPS) is 12.2. The van der Waals surface area contributed by atoms with Crippen LogP contribution in [0.2, 0.25) is 0 Å². The predicted octanol–water partition coefficient (Wildman–Crippen LogP) is 1.61. The summed E-state index contributed by atoms with van der Waals surface area (Å²) in [4.78, 5) is 4.04. The molecule has 0 bridgehead atoms. The van der Waals surface area contributed by atoms with E-state index in [1.807, 2.05) is 18.2 Å². The minimum Gasteiger partial charge on any atom is -0.497 e. The maximum absolute atomic E-state index is 6.18. The second-order valence-corrected chi connectivity index (χ2v) is 4.82. The minimum atomic E-state index is -0.157. The number of hydrogen-bond acceptors (Lipinski definition) is 6. The van der Waals surface area contributed by atoms with Crippen molar-refractivity contribution in [2.24, 2.45) is 5.73 Å². The van der Waals surface area contributed by atoms with Crippen LogP contribution in [0, 0.1) is 0 Å². The Morgan fingerprint density at radius 1 is 1.37 bits per heavy atom. The molecule has 0 aliphatic heterocycles. The van der Waals surface area contributed by atoms with Gasteiger partial charge in [-0.1, -0.05) is 17.8 Å². The fraction of sp³-hybridized carbons (Fsp3) is 0.333. The number of nitrogens with one attached hydrogen (secondary N) is 1. The molecule has 7 heteroatoms. The summed E-state index contributed by atoms with van der Waals surface area (Å²) in [7, 11) is 3.24. The van der Waals surface area contributed by atoms with Crippen molar-refractivity contribution in [3.63, 3.8) is 0 Å². The van der Waals surface area contributed by atoms with E-state index < -0.39 is 0 Å². The molecule has 0 amide bonds. The van der Waals surface area contributed by atoms with Gasteiger partial charge in [0.1, 0.15) is 17.8 Å². The van der Waals surface area contributed by atoms with Crippen molar-refractivity contribution in [1.29, 1.82) is 0 Å². The van der Waals surface area contributed by atoms with E-state index in [0.717, 1.165) is 22.2 Å². The van der Waals surface area contributed by atoms with Crippen LogP contribution >= 0.6 is 11.8 Å². The number of rotatable bonds is 6. The monoisotopic (exact) mass is 280 g/mol. The van der Waals surface area contributed by atoms with Gasteiger partial charge in [0.2, 0.25) is 0 Å². The largest absolute Gasteiger partial charge is 0.497 e. The Balaban J connectivity index is 2.07. The lowest BCUT2D eigenvalue weighted by molar-refractivity contribution is 0.389. The van der Waals surface area contributed by atoms with Gasteiger partial charge in [-0.15, -0.1) is 0 Å². The van der Waals surface area contributed by atoms with Crippen LogP contribution in [0.3, 0.4) is 0 Å². The summed E-state index contributed by atoms with van der Waals surface area (Å²) in [6.07, 6.45) is 1.47. The Hall–Kier alpha value is -1.73. The van der Waals surface area contributed by atoms with E-state index in [-0.39, 0.29) is 6.04 Å². The molecule has 0 aliphatic rings. The van der Waals surface area contributed by atoms with E-state index >= 15 is 0 Å². The van der Waals surface area contributed by atoms with Gasteiger partial charge < -0.3 is 15.2 Å². The first-order valence-electron chi connectivity index (χ1n) is 5.70. The zero-order valence-corrected chi connectivity index (χ0v) is 11.6. The van der Waals surface area contributed by atoms with Gasteiger partial charge in [-0.2, -0.15) is 5.10 Å². The number of methoxy groups -OCH3 is 2. The maximum Gasteiger partial charge on any atom is 0.183 e. The van der Waals surface area contributed by atoms with E-state index in [1.165, 1.54) is 18.1 Å². The van der Waals surface area contributed by atoms with Crippen LogP contribution in [0.5, 0.6) is 11.5 Å². The summed E-state index contributed by atoms with van der Waals surface area (Å²) in [5.41, 5.74) is 7.12. The fourth-order valence-electron chi connectivity index (χ4n) is 1.65. The van der Waals surface area contributed by atoms with Crippen molar-refractivity contribution in [2.75, 3.05) is 20.0 Å². The van der Waals surface area contributed by atoms with Gasteiger partial charge in [0.05, 0.1) is 14.2 Å². The van der Waals surface area contributed by atoms with Crippen LogP contribution in [0.4, 0.5) is 0 Å². The van der Waals surface area contributed by atoms with Gasteiger partial charge in [0, 0.05) is 23.4 Å². The summed E-state index contributed by atoms with van der Waals surface area (Å²) in [5, 5.41) is 7.33. The van der Waals surface area contributed by atoms with Crippen LogP contribution in [0.1, 0.15) is 11.6 Å². The Morgan fingerprint density at radius 3 is 2.84 bits per heavy atom. The van der Waals surface area contributed by atoms with Gasteiger partial charge >= 0.3 is 0 Å². The Bertz CT molecular complexity index is 518. The standard InChI is InChI=1S/C12H16N4O2S/c1-17-8-3-4-9(11(5-8)18-2)10(13)6-19-12-14-7-15-16-12/h3-5,7,10H,6,13H2,1-2H3,(H,14,15,16). The topological polar surface area (TPSA) is 86.0 Å². The van der Waals surface area contributed by atoms with Crippen LogP contribution in [-0.4, -0.2) is 35.2 Å². The van der Waals surface area contributed by atoms with Crippen LogP contribution in [0.15, 0.2) is 29.7 Å². The molecule has 1 unspecified atom stereocenters. The molecular weight excluding hydrogens is 264 g/mol. The molecular formula is C12H16N4O2S.